The minimum absolute atomic E-state index is 0.0273. The van der Waals surface area contributed by atoms with E-state index < -0.39 is 4.92 Å². The van der Waals surface area contributed by atoms with Crippen LogP contribution in [0.25, 0.3) is 32.0 Å². The van der Waals surface area contributed by atoms with Gasteiger partial charge in [0.2, 0.25) is 11.7 Å². The van der Waals surface area contributed by atoms with Crippen molar-refractivity contribution in [3.63, 3.8) is 0 Å². The molecule has 0 spiro atoms. The highest BCUT2D eigenvalue weighted by Crippen LogP contribution is 2.31. The largest absolute Gasteiger partial charge is 0.497 e. The number of thiophene rings is 1. The lowest BCUT2D eigenvalue weighted by molar-refractivity contribution is -0.384. The maximum absolute atomic E-state index is 13.0. The summed E-state index contributed by atoms with van der Waals surface area (Å²) in [7, 11) is 1.61. The smallest absolute Gasteiger partial charge is 0.271 e. The highest BCUT2D eigenvalue weighted by atomic mass is 32.1. The fraction of sp³-hybridized carbons (Fsp3) is 0.0909. The Kier molecular flexibility index (Phi) is 5.15. The van der Waals surface area contributed by atoms with Gasteiger partial charge in [0, 0.05) is 22.6 Å². The summed E-state index contributed by atoms with van der Waals surface area (Å²) in [6, 6.07) is 15.4. The SMILES string of the molecule is COc1ccc(-c2cc3ncn(Cc4nc(-c5cccc([N+](=O)[O-])c5)no4)c(=O)c3s2)cc1. The molecule has 5 rings (SSSR count). The lowest BCUT2D eigenvalue weighted by Gasteiger charge is -2.00. The molecule has 5 aromatic rings. The number of nitrogens with zero attached hydrogens (tertiary/aromatic N) is 5. The van der Waals surface area contributed by atoms with Crippen LogP contribution in [0.3, 0.4) is 0 Å². The molecule has 0 unspecified atom stereocenters. The molecule has 0 aliphatic rings. The van der Waals surface area contributed by atoms with E-state index in [9.17, 15) is 14.9 Å². The van der Waals surface area contributed by atoms with Gasteiger partial charge in [-0.1, -0.05) is 17.3 Å². The zero-order chi connectivity index (χ0) is 22.9. The molecule has 0 N–H and O–H groups in total. The topological polar surface area (TPSA) is 126 Å². The molecule has 0 saturated heterocycles. The Balaban J connectivity index is 1.43. The van der Waals surface area contributed by atoms with Crippen LogP contribution >= 0.6 is 11.3 Å². The van der Waals surface area contributed by atoms with E-state index in [1.54, 1.807) is 19.2 Å². The van der Waals surface area contributed by atoms with Gasteiger partial charge in [-0.3, -0.25) is 19.5 Å². The fourth-order valence-electron chi connectivity index (χ4n) is 3.30. The predicted octanol–water partition coefficient (Wildman–Crippen LogP) is 4.14. The second-order valence-electron chi connectivity index (χ2n) is 7.05. The zero-order valence-corrected chi connectivity index (χ0v) is 18.0. The normalized spacial score (nSPS) is 11.1. The van der Waals surface area contributed by atoms with Crippen LogP contribution in [0.15, 0.2) is 70.2 Å². The summed E-state index contributed by atoms with van der Waals surface area (Å²) in [6.45, 7) is 0.0273. The first-order valence-corrected chi connectivity index (χ1v) is 10.5. The van der Waals surface area contributed by atoms with E-state index in [1.165, 1.54) is 34.4 Å². The van der Waals surface area contributed by atoms with Gasteiger partial charge in [0.1, 0.15) is 17.0 Å². The molecular weight excluding hydrogens is 446 g/mol. The molecule has 0 saturated carbocycles. The predicted molar refractivity (Wildman–Crippen MR) is 121 cm³/mol. The van der Waals surface area contributed by atoms with E-state index in [0.29, 0.717) is 15.8 Å². The zero-order valence-electron chi connectivity index (χ0n) is 17.2. The second-order valence-corrected chi connectivity index (χ2v) is 8.10. The number of nitro benzene ring substituents is 1. The van der Waals surface area contributed by atoms with E-state index >= 15 is 0 Å². The first-order chi connectivity index (χ1) is 16.0. The van der Waals surface area contributed by atoms with Crippen molar-refractivity contribution >= 4 is 27.2 Å². The average Bonchev–Trinajstić information content (AvgIpc) is 3.49. The molecule has 3 heterocycles. The number of aromatic nitrogens is 4. The van der Waals surface area contributed by atoms with Crippen LogP contribution in [0.1, 0.15) is 5.89 Å². The van der Waals surface area contributed by atoms with E-state index in [4.69, 9.17) is 9.26 Å². The summed E-state index contributed by atoms with van der Waals surface area (Å²) in [5, 5.41) is 14.9. The molecular formula is C22H15N5O5S. The van der Waals surface area contributed by atoms with Gasteiger partial charge >= 0.3 is 0 Å². The van der Waals surface area contributed by atoms with Gasteiger partial charge in [-0.2, -0.15) is 4.98 Å². The van der Waals surface area contributed by atoms with Gasteiger partial charge in [-0.25, -0.2) is 4.98 Å². The summed E-state index contributed by atoms with van der Waals surface area (Å²) in [5.41, 5.74) is 1.72. The minimum atomic E-state index is -0.494. The summed E-state index contributed by atoms with van der Waals surface area (Å²) in [6.07, 6.45) is 1.44. The van der Waals surface area contributed by atoms with Crippen molar-refractivity contribution in [1.29, 1.82) is 0 Å². The molecule has 3 aromatic heterocycles. The number of fused-ring (bicyclic) bond motifs is 1. The number of hydrogen-bond donors (Lipinski definition) is 0. The molecule has 0 fully saturated rings. The quantitative estimate of drug-likeness (QED) is 0.273. The van der Waals surface area contributed by atoms with Crippen molar-refractivity contribution < 1.29 is 14.2 Å². The molecule has 164 valence electrons. The molecule has 0 aliphatic heterocycles. The van der Waals surface area contributed by atoms with E-state index in [2.05, 4.69) is 15.1 Å². The number of rotatable bonds is 6. The molecule has 2 aromatic carbocycles. The third-order valence-corrected chi connectivity index (χ3v) is 6.13. The number of ether oxygens (including phenoxy) is 1. The Morgan fingerprint density at radius 1 is 1.15 bits per heavy atom. The Labute approximate surface area is 189 Å². The molecule has 33 heavy (non-hydrogen) atoms. The number of non-ortho nitro benzene ring substituents is 1. The van der Waals surface area contributed by atoms with Crippen molar-refractivity contribution in [2.75, 3.05) is 7.11 Å². The molecule has 11 heteroatoms. The van der Waals surface area contributed by atoms with Crippen LogP contribution in [0.5, 0.6) is 5.75 Å². The van der Waals surface area contributed by atoms with Gasteiger partial charge in [0.25, 0.3) is 11.2 Å². The van der Waals surface area contributed by atoms with Gasteiger partial charge in [-0.15, -0.1) is 11.3 Å². The maximum atomic E-state index is 13.0. The highest BCUT2D eigenvalue weighted by molar-refractivity contribution is 7.22. The summed E-state index contributed by atoms with van der Waals surface area (Å²) < 4.78 is 12.4. The summed E-state index contributed by atoms with van der Waals surface area (Å²) in [4.78, 5) is 33.1. The van der Waals surface area contributed by atoms with Crippen molar-refractivity contribution in [2.45, 2.75) is 6.54 Å². The Morgan fingerprint density at radius 3 is 2.73 bits per heavy atom. The van der Waals surface area contributed by atoms with Crippen molar-refractivity contribution in [3.8, 4) is 27.6 Å². The number of hydrogen-bond acceptors (Lipinski definition) is 9. The van der Waals surface area contributed by atoms with Crippen LogP contribution < -0.4 is 10.3 Å². The van der Waals surface area contributed by atoms with Crippen molar-refractivity contribution in [3.05, 3.63) is 87.3 Å². The van der Waals surface area contributed by atoms with Crippen LogP contribution in [0.4, 0.5) is 5.69 Å². The first kappa shape index (κ1) is 20.5. The molecule has 0 aliphatic carbocycles. The maximum Gasteiger partial charge on any atom is 0.271 e. The molecule has 0 radical (unpaired) electrons. The molecule has 0 atom stereocenters. The lowest BCUT2D eigenvalue weighted by atomic mass is 10.2. The van der Waals surface area contributed by atoms with Crippen LogP contribution in [-0.4, -0.2) is 31.7 Å². The van der Waals surface area contributed by atoms with Crippen molar-refractivity contribution in [1.82, 2.24) is 19.7 Å². The van der Waals surface area contributed by atoms with E-state index in [1.807, 2.05) is 30.3 Å². The standard InChI is InChI=1S/C22H15N5O5S/c1-31-16-7-5-13(6-8-16)18-10-17-20(33-18)22(28)26(12-23-17)11-19-24-21(25-32-19)14-3-2-4-15(9-14)27(29)30/h2-10,12H,11H2,1H3. The van der Waals surface area contributed by atoms with Crippen LogP contribution in [0.2, 0.25) is 0 Å². The minimum Gasteiger partial charge on any atom is -0.497 e. The van der Waals surface area contributed by atoms with E-state index in [0.717, 1.165) is 16.2 Å². The number of methoxy groups -OCH3 is 1. The summed E-state index contributed by atoms with van der Waals surface area (Å²) >= 11 is 1.35. The Bertz CT molecular complexity index is 1540. The van der Waals surface area contributed by atoms with Gasteiger partial charge < -0.3 is 9.26 Å². The van der Waals surface area contributed by atoms with Crippen LogP contribution in [0, 0.1) is 10.1 Å². The lowest BCUT2D eigenvalue weighted by Crippen LogP contribution is -2.20. The Morgan fingerprint density at radius 2 is 1.97 bits per heavy atom. The molecule has 0 amide bonds. The van der Waals surface area contributed by atoms with Gasteiger partial charge in [0.15, 0.2) is 0 Å². The third-order valence-electron chi connectivity index (χ3n) is 4.97. The van der Waals surface area contributed by atoms with Crippen LogP contribution in [-0.2, 0) is 6.54 Å². The van der Waals surface area contributed by atoms with Gasteiger partial charge in [-0.05, 0) is 35.9 Å². The monoisotopic (exact) mass is 461 g/mol. The average molecular weight is 461 g/mol. The Hall–Kier alpha value is -4.38. The molecule has 10 nitrogen and oxygen atoms in total. The third kappa shape index (κ3) is 3.96. The first-order valence-electron chi connectivity index (χ1n) is 9.72. The molecule has 0 bridgehead atoms. The van der Waals surface area contributed by atoms with Gasteiger partial charge in [0.05, 0.1) is 23.9 Å². The van der Waals surface area contributed by atoms with Crippen molar-refractivity contribution in [2.24, 2.45) is 0 Å². The number of nitro groups is 1. The highest BCUT2D eigenvalue weighted by Gasteiger charge is 2.15. The summed E-state index contributed by atoms with van der Waals surface area (Å²) in [5.74, 6) is 1.14. The second kappa shape index (κ2) is 8.28. The van der Waals surface area contributed by atoms with E-state index in [-0.39, 0.29) is 29.5 Å². The fourth-order valence-corrected chi connectivity index (χ4v) is 4.36. The number of benzene rings is 2.